The van der Waals surface area contributed by atoms with Crippen LogP contribution in [0.4, 0.5) is 5.69 Å². The standard InChI is InChI=1S/C20H22ClN5O/c21-17-5-1-2-6-18(17)23-20(27)15-25-11-9-24(10-12-25)13-16-14-26-8-4-3-7-19(26)22-16/h1-8,14H,9-13,15H2,(H,23,27). The number of hydrogen-bond acceptors (Lipinski definition) is 4. The molecule has 1 fully saturated rings. The number of imidazole rings is 1. The smallest absolute Gasteiger partial charge is 0.238 e. The van der Waals surface area contributed by atoms with Crippen molar-refractivity contribution >= 4 is 28.8 Å². The minimum absolute atomic E-state index is 0.0306. The largest absolute Gasteiger partial charge is 0.324 e. The topological polar surface area (TPSA) is 52.9 Å². The molecule has 3 heterocycles. The summed E-state index contributed by atoms with van der Waals surface area (Å²) in [6.45, 7) is 4.79. The number of anilines is 1. The Kier molecular flexibility index (Phi) is 5.38. The molecule has 1 N–H and O–H groups in total. The summed E-state index contributed by atoms with van der Waals surface area (Å²) in [5, 5.41) is 3.44. The van der Waals surface area contributed by atoms with E-state index in [2.05, 4.69) is 26.3 Å². The van der Waals surface area contributed by atoms with Crippen LogP contribution >= 0.6 is 11.6 Å². The zero-order valence-electron chi connectivity index (χ0n) is 15.0. The summed E-state index contributed by atoms with van der Waals surface area (Å²) in [4.78, 5) is 21.5. The van der Waals surface area contributed by atoms with Gasteiger partial charge in [0.05, 0.1) is 22.9 Å². The van der Waals surface area contributed by atoms with Crippen LogP contribution in [0, 0.1) is 0 Å². The zero-order chi connectivity index (χ0) is 18.6. The quantitative estimate of drug-likeness (QED) is 0.736. The highest BCUT2D eigenvalue weighted by Crippen LogP contribution is 2.20. The van der Waals surface area contributed by atoms with E-state index in [0.29, 0.717) is 17.3 Å². The fraction of sp³-hybridized carbons (Fsp3) is 0.300. The van der Waals surface area contributed by atoms with Crippen molar-refractivity contribution in [1.82, 2.24) is 19.2 Å². The fourth-order valence-corrected chi connectivity index (χ4v) is 3.54. The number of hydrogen-bond donors (Lipinski definition) is 1. The average molecular weight is 384 g/mol. The van der Waals surface area contributed by atoms with Crippen molar-refractivity contribution in [1.29, 1.82) is 0 Å². The number of fused-ring (bicyclic) bond motifs is 1. The lowest BCUT2D eigenvalue weighted by atomic mass is 10.3. The molecule has 1 aliphatic heterocycles. The Hall–Kier alpha value is -2.41. The third kappa shape index (κ3) is 4.47. The number of pyridine rings is 1. The van der Waals surface area contributed by atoms with Crippen LogP contribution < -0.4 is 5.32 Å². The van der Waals surface area contributed by atoms with Crippen LogP contribution in [0.15, 0.2) is 54.9 Å². The van der Waals surface area contributed by atoms with Crippen LogP contribution in [0.3, 0.4) is 0 Å². The SMILES string of the molecule is O=C(CN1CCN(Cc2cn3ccccc3n2)CC1)Nc1ccccc1Cl. The first-order valence-corrected chi connectivity index (χ1v) is 9.47. The lowest BCUT2D eigenvalue weighted by Gasteiger charge is -2.33. The molecule has 0 saturated carbocycles. The number of benzene rings is 1. The number of amides is 1. The highest BCUT2D eigenvalue weighted by Gasteiger charge is 2.20. The Morgan fingerprint density at radius 3 is 2.56 bits per heavy atom. The number of aromatic nitrogens is 2. The van der Waals surface area contributed by atoms with E-state index in [1.807, 2.05) is 47.0 Å². The molecule has 1 saturated heterocycles. The molecule has 0 unspecified atom stereocenters. The van der Waals surface area contributed by atoms with Gasteiger partial charge in [-0.2, -0.15) is 0 Å². The Labute approximate surface area is 163 Å². The molecule has 2 aromatic heterocycles. The second-order valence-corrected chi connectivity index (χ2v) is 7.19. The molecular formula is C20H22ClN5O. The molecule has 7 heteroatoms. The van der Waals surface area contributed by atoms with Crippen molar-refractivity contribution < 1.29 is 4.79 Å². The molecule has 3 aromatic rings. The lowest BCUT2D eigenvalue weighted by molar-refractivity contribution is -0.117. The first kappa shape index (κ1) is 18.0. The van der Waals surface area contributed by atoms with Gasteiger partial charge in [0.25, 0.3) is 0 Å². The molecular weight excluding hydrogens is 362 g/mol. The summed E-state index contributed by atoms with van der Waals surface area (Å²) < 4.78 is 2.05. The van der Waals surface area contributed by atoms with Gasteiger partial charge in [-0.05, 0) is 24.3 Å². The molecule has 1 aliphatic rings. The van der Waals surface area contributed by atoms with E-state index in [1.54, 1.807) is 6.07 Å². The van der Waals surface area contributed by atoms with E-state index in [1.165, 1.54) is 0 Å². The third-order valence-corrected chi connectivity index (χ3v) is 5.11. The second kappa shape index (κ2) is 8.08. The lowest BCUT2D eigenvalue weighted by Crippen LogP contribution is -2.48. The van der Waals surface area contributed by atoms with E-state index in [0.717, 1.165) is 44.1 Å². The average Bonchev–Trinajstić information content (AvgIpc) is 3.07. The van der Waals surface area contributed by atoms with Gasteiger partial charge in [0, 0.05) is 45.1 Å². The van der Waals surface area contributed by atoms with Gasteiger partial charge in [0.1, 0.15) is 5.65 Å². The molecule has 27 heavy (non-hydrogen) atoms. The summed E-state index contributed by atoms with van der Waals surface area (Å²) in [7, 11) is 0. The van der Waals surface area contributed by atoms with Gasteiger partial charge in [-0.15, -0.1) is 0 Å². The number of nitrogens with one attached hydrogen (secondary N) is 1. The molecule has 0 aliphatic carbocycles. The maximum absolute atomic E-state index is 12.3. The summed E-state index contributed by atoms with van der Waals surface area (Å²) in [6.07, 6.45) is 4.10. The van der Waals surface area contributed by atoms with Gasteiger partial charge in [0.15, 0.2) is 0 Å². The second-order valence-electron chi connectivity index (χ2n) is 6.78. The van der Waals surface area contributed by atoms with Gasteiger partial charge < -0.3 is 9.72 Å². The predicted molar refractivity (Wildman–Crippen MR) is 107 cm³/mol. The molecule has 4 rings (SSSR count). The number of para-hydroxylation sites is 1. The zero-order valence-corrected chi connectivity index (χ0v) is 15.8. The van der Waals surface area contributed by atoms with E-state index >= 15 is 0 Å². The van der Waals surface area contributed by atoms with Crippen LogP contribution in [0.2, 0.25) is 5.02 Å². The van der Waals surface area contributed by atoms with Gasteiger partial charge in [0.2, 0.25) is 5.91 Å². The Morgan fingerprint density at radius 1 is 1.04 bits per heavy atom. The summed E-state index contributed by atoms with van der Waals surface area (Å²) >= 11 is 6.09. The highest BCUT2D eigenvalue weighted by atomic mass is 35.5. The highest BCUT2D eigenvalue weighted by molar-refractivity contribution is 6.33. The molecule has 0 bridgehead atoms. The first-order chi connectivity index (χ1) is 13.2. The van der Waals surface area contributed by atoms with Crippen molar-refractivity contribution in [2.45, 2.75) is 6.54 Å². The van der Waals surface area contributed by atoms with Crippen LogP contribution in [0.1, 0.15) is 5.69 Å². The number of nitrogens with zero attached hydrogens (tertiary/aromatic N) is 4. The van der Waals surface area contributed by atoms with Crippen molar-refractivity contribution in [3.63, 3.8) is 0 Å². The molecule has 0 spiro atoms. The Morgan fingerprint density at radius 2 is 1.78 bits per heavy atom. The van der Waals surface area contributed by atoms with Gasteiger partial charge in [-0.3, -0.25) is 14.6 Å². The fourth-order valence-electron chi connectivity index (χ4n) is 3.35. The summed E-state index contributed by atoms with van der Waals surface area (Å²) in [5.41, 5.74) is 2.71. The number of carbonyl (C=O) groups is 1. The molecule has 0 radical (unpaired) electrons. The number of carbonyl (C=O) groups excluding carboxylic acids is 1. The van der Waals surface area contributed by atoms with Gasteiger partial charge in [-0.25, -0.2) is 4.98 Å². The van der Waals surface area contributed by atoms with E-state index in [4.69, 9.17) is 11.6 Å². The van der Waals surface area contributed by atoms with Gasteiger partial charge >= 0.3 is 0 Å². The van der Waals surface area contributed by atoms with Crippen molar-refractivity contribution in [2.75, 3.05) is 38.0 Å². The van der Waals surface area contributed by atoms with Crippen molar-refractivity contribution in [2.24, 2.45) is 0 Å². The molecule has 1 aromatic carbocycles. The van der Waals surface area contributed by atoms with Crippen LogP contribution in [-0.2, 0) is 11.3 Å². The van der Waals surface area contributed by atoms with Gasteiger partial charge in [-0.1, -0.05) is 29.8 Å². The molecule has 6 nitrogen and oxygen atoms in total. The Bertz CT molecular complexity index is 900. The van der Waals surface area contributed by atoms with E-state index in [-0.39, 0.29) is 5.91 Å². The monoisotopic (exact) mass is 383 g/mol. The molecule has 140 valence electrons. The predicted octanol–water partition coefficient (Wildman–Crippen LogP) is 2.74. The number of halogens is 1. The maximum Gasteiger partial charge on any atom is 0.238 e. The maximum atomic E-state index is 12.3. The first-order valence-electron chi connectivity index (χ1n) is 9.09. The van der Waals surface area contributed by atoms with Crippen LogP contribution in [0.25, 0.3) is 5.65 Å². The number of rotatable bonds is 5. The van der Waals surface area contributed by atoms with E-state index < -0.39 is 0 Å². The summed E-state index contributed by atoms with van der Waals surface area (Å²) in [6, 6.07) is 13.3. The Balaban J connectivity index is 1.26. The van der Waals surface area contributed by atoms with Crippen molar-refractivity contribution in [3.05, 3.63) is 65.6 Å². The van der Waals surface area contributed by atoms with Crippen LogP contribution in [-0.4, -0.2) is 57.8 Å². The van der Waals surface area contributed by atoms with Crippen molar-refractivity contribution in [3.8, 4) is 0 Å². The normalized spacial score (nSPS) is 15.9. The minimum atomic E-state index is -0.0306. The molecule has 1 amide bonds. The van der Waals surface area contributed by atoms with E-state index in [9.17, 15) is 4.79 Å². The minimum Gasteiger partial charge on any atom is -0.324 e. The van der Waals surface area contributed by atoms with Crippen LogP contribution in [0.5, 0.6) is 0 Å². The number of piperazine rings is 1. The summed E-state index contributed by atoms with van der Waals surface area (Å²) in [5.74, 6) is -0.0306. The molecule has 0 atom stereocenters. The third-order valence-electron chi connectivity index (χ3n) is 4.78.